The van der Waals surface area contributed by atoms with Crippen LogP contribution in [-0.2, 0) is 23.9 Å². The van der Waals surface area contributed by atoms with Crippen molar-refractivity contribution in [1.29, 1.82) is 0 Å². The number of imide groups is 1. The van der Waals surface area contributed by atoms with Crippen molar-refractivity contribution in [1.82, 2.24) is 9.80 Å². The summed E-state index contributed by atoms with van der Waals surface area (Å²) < 4.78 is 11.2. The van der Waals surface area contributed by atoms with Gasteiger partial charge in [0, 0.05) is 52.0 Å². The zero-order chi connectivity index (χ0) is 14.9. The van der Waals surface area contributed by atoms with Crippen LogP contribution in [0, 0.1) is 0 Å². The van der Waals surface area contributed by atoms with Crippen molar-refractivity contribution in [3.63, 3.8) is 0 Å². The number of morpholine rings is 1. The van der Waals surface area contributed by atoms with Crippen LogP contribution in [0.2, 0.25) is 0 Å². The zero-order valence-corrected chi connectivity index (χ0v) is 12.0. The fourth-order valence-corrected chi connectivity index (χ4v) is 3.14. The fourth-order valence-electron chi connectivity index (χ4n) is 3.14. The van der Waals surface area contributed by atoms with E-state index in [9.17, 15) is 14.4 Å². The van der Waals surface area contributed by atoms with Gasteiger partial charge in [-0.25, -0.2) is 0 Å². The second kappa shape index (κ2) is 5.73. The SMILES string of the molecule is O=C(CN1C(=O)CCC1=O)N1CCOC2(CCOCC2)C1. The summed E-state index contributed by atoms with van der Waals surface area (Å²) in [5, 5.41) is 0. The molecule has 3 fully saturated rings. The van der Waals surface area contributed by atoms with Gasteiger partial charge in [0.1, 0.15) is 6.54 Å². The van der Waals surface area contributed by atoms with Crippen LogP contribution >= 0.6 is 0 Å². The van der Waals surface area contributed by atoms with Gasteiger partial charge in [-0.05, 0) is 0 Å². The van der Waals surface area contributed by atoms with Gasteiger partial charge < -0.3 is 14.4 Å². The molecule has 3 heterocycles. The molecule has 3 saturated heterocycles. The molecule has 3 rings (SSSR count). The zero-order valence-electron chi connectivity index (χ0n) is 12.0. The molecule has 116 valence electrons. The largest absolute Gasteiger partial charge is 0.381 e. The number of likely N-dealkylation sites (tertiary alicyclic amines) is 1. The maximum Gasteiger partial charge on any atom is 0.242 e. The van der Waals surface area contributed by atoms with Crippen LogP contribution < -0.4 is 0 Å². The summed E-state index contributed by atoms with van der Waals surface area (Å²) in [6.07, 6.45) is 1.99. The topological polar surface area (TPSA) is 76.2 Å². The number of nitrogens with zero attached hydrogens (tertiary/aromatic N) is 2. The minimum atomic E-state index is -0.314. The first kappa shape index (κ1) is 14.5. The first-order chi connectivity index (χ1) is 10.1. The lowest BCUT2D eigenvalue weighted by atomic mass is 9.92. The molecule has 7 nitrogen and oxygen atoms in total. The summed E-state index contributed by atoms with van der Waals surface area (Å²) in [6, 6.07) is 0. The number of hydrogen-bond donors (Lipinski definition) is 0. The van der Waals surface area contributed by atoms with Gasteiger partial charge >= 0.3 is 0 Å². The van der Waals surface area contributed by atoms with E-state index in [1.165, 1.54) is 0 Å². The highest BCUT2D eigenvalue weighted by molar-refractivity contribution is 6.04. The molecule has 0 radical (unpaired) electrons. The van der Waals surface area contributed by atoms with E-state index in [4.69, 9.17) is 9.47 Å². The third-order valence-electron chi connectivity index (χ3n) is 4.45. The Balaban J connectivity index is 1.61. The monoisotopic (exact) mass is 296 g/mol. The molecule has 3 aliphatic heterocycles. The molecule has 21 heavy (non-hydrogen) atoms. The first-order valence-corrected chi connectivity index (χ1v) is 7.42. The van der Waals surface area contributed by atoms with Gasteiger partial charge in [0.05, 0.1) is 12.2 Å². The fraction of sp³-hybridized carbons (Fsp3) is 0.786. The van der Waals surface area contributed by atoms with Crippen LogP contribution in [0.5, 0.6) is 0 Å². The van der Waals surface area contributed by atoms with Crippen LogP contribution in [0.25, 0.3) is 0 Å². The van der Waals surface area contributed by atoms with Crippen molar-refractivity contribution in [3.8, 4) is 0 Å². The Morgan fingerprint density at radius 1 is 1.10 bits per heavy atom. The van der Waals surface area contributed by atoms with E-state index in [-0.39, 0.29) is 42.7 Å². The molecule has 0 aromatic carbocycles. The average molecular weight is 296 g/mol. The van der Waals surface area contributed by atoms with Crippen LogP contribution in [0.3, 0.4) is 0 Å². The van der Waals surface area contributed by atoms with Crippen molar-refractivity contribution in [2.24, 2.45) is 0 Å². The number of hydrogen-bond acceptors (Lipinski definition) is 5. The minimum absolute atomic E-state index is 0.135. The summed E-state index contributed by atoms with van der Waals surface area (Å²) in [5.41, 5.74) is -0.314. The highest BCUT2D eigenvalue weighted by Gasteiger charge is 2.40. The molecule has 0 aromatic heterocycles. The Labute approximate surface area is 123 Å². The van der Waals surface area contributed by atoms with Crippen LogP contribution in [0.15, 0.2) is 0 Å². The average Bonchev–Trinajstić information content (AvgIpc) is 2.80. The normalized spacial score (nSPS) is 25.7. The van der Waals surface area contributed by atoms with Gasteiger partial charge in [-0.3, -0.25) is 19.3 Å². The Bertz CT molecular complexity index is 437. The molecule has 0 saturated carbocycles. The van der Waals surface area contributed by atoms with Gasteiger partial charge in [-0.2, -0.15) is 0 Å². The molecule has 7 heteroatoms. The number of amides is 3. The van der Waals surface area contributed by atoms with Gasteiger partial charge in [0.15, 0.2) is 0 Å². The molecular formula is C14H20N2O5. The molecule has 0 N–H and O–H groups in total. The van der Waals surface area contributed by atoms with E-state index >= 15 is 0 Å². The molecule has 0 aromatic rings. The van der Waals surface area contributed by atoms with Crippen molar-refractivity contribution in [3.05, 3.63) is 0 Å². The van der Waals surface area contributed by atoms with E-state index in [1.54, 1.807) is 4.90 Å². The maximum atomic E-state index is 12.4. The molecular weight excluding hydrogens is 276 g/mol. The smallest absolute Gasteiger partial charge is 0.242 e. The van der Waals surface area contributed by atoms with Gasteiger partial charge in [-0.15, -0.1) is 0 Å². The molecule has 0 atom stereocenters. The van der Waals surface area contributed by atoms with E-state index in [2.05, 4.69) is 0 Å². The lowest BCUT2D eigenvalue weighted by Gasteiger charge is -2.45. The third-order valence-corrected chi connectivity index (χ3v) is 4.45. The molecule has 0 bridgehead atoms. The minimum Gasteiger partial charge on any atom is -0.381 e. The Hall–Kier alpha value is -1.47. The Morgan fingerprint density at radius 2 is 1.76 bits per heavy atom. The summed E-state index contributed by atoms with van der Waals surface area (Å²) in [5.74, 6) is -0.669. The highest BCUT2D eigenvalue weighted by atomic mass is 16.5. The Kier molecular flexibility index (Phi) is 3.95. The third kappa shape index (κ3) is 2.94. The first-order valence-electron chi connectivity index (χ1n) is 7.42. The maximum absolute atomic E-state index is 12.4. The summed E-state index contributed by atoms with van der Waals surface area (Å²) in [6.45, 7) is 2.68. The molecule has 1 spiro atoms. The highest BCUT2D eigenvalue weighted by Crippen LogP contribution is 2.29. The summed E-state index contributed by atoms with van der Waals surface area (Å²) >= 11 is 0. The number of carbonyl (C=O) groups is 3. The number of carbonyl (C=O) groups excluding carboxylic acids is 3. The molecule has 3 aliphatic rings. The summed E-state index contributed by atoms with van der Waals surface area (Å²) in [7, 11) is 0. The van der Waals surface area contributed by atoms with Gasteiger partial charge in [0.25, 0.3) is 0 Å². The van der Waals surface area contributed by atoms with E-state index < -0.39 is 0 Å². The van der Waals surface area contributed by atoms with E-state index in [1.807, 2.05) is 0 Å². The predicted octanol–water partition coefficient (Wildman–Crippen LogP) is -0.457. The van der Waals surface area contributed by atoms with Crippen LogP contribution in [0.1, 0.15) is 25.7 Å². The number of ether oxygens (including phenoxy) is 2. The lowest BCUT2D eigenvalue weighted by Crippen LogP contribution is -2.57. The quantitative estimate of drug-likeness (QED) is 0.645. The molecule has 3 amide bonds. The number of rotatable bonds is 2. The van der Waals surface area contributed by atoms with Crippen LogP contribution in [-0.4, -0.2) is 72.6 Å². The second-order valence-corrected chi connectivity index (χ2v) is 5.83. The molecule has 0 unspecified atom stereocenters. The Morgan fingerprint density at radius 3 is 2.43 bits per heavy atom. The van der Waals surface area contributed by atoms with Crippen molar-refractivity contribution in [2.45, 2.75) is 31.3 Å². The lowest BCUT2D eigenvalue weighted by molar-refractivity contribution is -0.169. The van der Waals surface area contributed by atoms with Crippen molar-refractivity contribution >= 4 is 17.7 Å². The summed E-state index contributed by atoms with van der Waals surface area (Å²) in [4.78, 5) is 38.3. The van der Waals surface area contributed by atoms with Crippen molar-refractivity contribution < 1.29 is 23.9 Å². The second-order valence-electron chi connectivity index (χ2n) is 5.83. The van der Waals surface area contributed by atoms with E-state index in [0.717, 1.165) is 17.7 Å². The standard InChI is InChI=1S/C14H20N2O5/c17-11-1-2-12(18)16(11)9-13(19)15-5-8-21-14(10-15)3-6-20-7-4-14/h1-10H2. The van der Waals surface area contributed by atoms with Gasteiger partial charge in [-0.1, -0.05) is 0 Å². The predicted molar refractivity (Wildman–Crippen MR) is 71.3 cm³/mol. The van der Waals surface area contributed by atoms with Gasteiger partial charge in [0.2, 0.25) is 17.7 Å². The van der Waals surface area contributed by atoms with Crippen LogP contribution in [0.4, 0.5) is 0 Å². The molecule has 0 aliphatic carbocycles. The van der Waals surface area contributed by atoms with Crippen molar-refractivity contribution in [2.75, 3.05) is 39.5 Å². The van der Waals surface area contributed by atoms with E-state index in [0.29, 0.717) is 32.9 Å².